The number of allylic oxidation sites excluding steroid dienone is 1. The molecule has 1 unspecified atom stereocenters. The van der Waals surface area contributed by atoms with Crippen LogP contribution in [0.4, 0.5) is 0 Å². The van der Waals surface area contributed by atoms with Crippen molar-refractivity contribution in [2.24, 2.45) is 0 Å². The molecule has 0 N–H and O–H groups in total. The van der Waals surface area contributed by atoms with Crippen LogP contribution in [0.1, 0.15) is 48.0 Å². The molecule has 1 atom stereocenters. The number of hydrogen-bond acceptors (Lipinski definition) is 2. The molecule has 2 nitrogen and oxygen atoms in total. The van der Waals surface area contributed by atoms with Gasteiger partial charge < -0.3 is 8.85 Å². The molecular weight excluding hydrogens is 304 g/mol. The van der Waals surface area contributed by atoms with E-state index in [9.17, 15) is 0 Å². The third-order valence-electron chi connectivity index (χ3n) is 3.84. The highest BCUT2D eigenvalue weighted by Gasteiger charge is 2.60. The van der Waals surface area contributed by atoms with E-state index >= 15 is 0 Å². The molecule has 0 radical (unpaired) electrons. The Morgan fingerprint density at radius 1 is 1.05 bits per heavy atom. The Labute approximate surface area is 139 Å². The van der Waals surface area contributed by atoms with Crippen molar-refractivity contribution >= 4 is 16.6 Å². The van der Waals surface area contributed by atoms with Gasteiger partial charge in [0.25, 0.3) is 0 Å². The van der Waals surface area contributed by atoms with Crippen LogP contribution in [0.5, 0.6) is 0 Å². The van der Waals surface area contributed by atoms with Gasteiger partial charge in [-0.25, -0.2) is 0 Å². The van der Waals surface area contributed by atoms with Crippen LogP contribution < -0.4 is 0 Å². The zero-order valence-electron chi connectivity index (χ0n) is 16.0. The van der Waals surface area contributed by atoms with Gasteiger partial charge in [-0.05, 0) is 18.6 Å². The fraction of sp³-hybridized carbons (Fsp3) is 0.778. The SMILES string of the molecule is CC(C)(C)[Si]1(C(C)(C)C)OCCC(/C=C\C#C[Si](C)(C)C)O1. The monoisotopic (exact) mass is 338 g/mol. The lowest BCUT2D eigenvalue weighted by atomic mass is 10.2. The lowest BCUT2D eigenvalue weighted by Gasteiger charge is -2.52. The van der Waals surface area contributed by atoms with Gasteiger partial charge in [0.2, 0.25) is 0 Å². The van der Waals surface area contributed by atoms with Crippen molar-refractivity contribution in [2.45, 2.75) is 83.8 Å². The molecule has 0 aliphatic carbocycles. The third-order valence-corrected chi connectivity index (χ3v) is 9.93. The van der Waals surface area contributed by atoms with E-state index in [2.05, 4.69) is 78.7 Å². The average Bonchev–Trinajstić information content (AvgIpc) is 2.31. The minimum atomic E-state index is -2.34. The Balaban J connectivity index is 2.95. The lowest BCUT2D eigenvalue weighted by Crippen LogP contribution is -2.61. The van der Waals surface area contributed by atoms with Crippen LogP contribution in [0.15, 0.2) is 12.2 Å². The molecule has 0 aromatic carbocycles. The van der Waals surface area contributed by atoms with E-state index < -0.39 is 16.6 Å². The van der Waals surface area contributed by atoms with Crippen LogP contribution in [-0.2, 0) is 8.85 Å². The summed E-state index contributed by atoms with van der Waals surface area (Å²) in [5.74, 6) is 3.20. The van der Waals surface area contributed by atoms with Gasteiger partial charge in [0.15, 0.2) is 0 Å². The first-order valence-corrected chi connectivity index (χ1v) is 13.6. The first-order chi connectivity index (χ1) is 9.79. The second kappa shape index (κ2) is 6.64. The van der Waals surface area contributed by atoms with Gasteiger partial charge in [-0.3, -0.25) is 0 Å². The Bertz CT molecular complexity index is 451. The van der Waals surface area contributed by atoms with Crippen LogP contribution >= 0.6 is 0 Å². The minimum Gasteiger partial charge on any atom is -0.393 e. The summed E-state index contributed by atoms with van der Waals surface area (Å²) in [4.78, 5) is 0. The summed E-state index contributed by atoms with van der Waals surface area (Å²) < 4.78 is 12.9. The molecule has 0 saturated carbocycles. The summed E-state index contributed by atoms with van der Waals surface area (Å²) in [5, 5.41) is 0.0868. The van der Waals surface area contributed by atoms with E-state index in [1.54, 1.807) is 0 Å². The smallest absolute Gasteiger partial charge is 0.349 e. The predicted molar refractivity (Wildman–Crippen MR) is 101 cm³/mol. The molecule has 4 heteroatoms. The summed E-state index contributed by atoms with van der Waals surface area (Å²) in [7, 11) is -3.64. The van der Waals surface area contributed by atoms with Gasteiger partial charge in [-0.15, -0.1) is 5.54 Å². The van der Waals surface area contributed by atoms with Crippen molar-refractivity contribution in [1.29, 1.82) is 0 Å². The minimum absolute atomic E-state index is 0.0434. The van der Waals surface area contributed by atoms with Gasteiger partial charge in [0, 0.05) is 16.7 Å². The summed E-state index contributed by atoms with van der Waals surface area (Å²) in [5.41, 5.74) is 3.37. The normalized spacial score (nSPS) is 23.2. The molecule has 126 valence electrons. The number of hydrogen-bond donors (Lipinski definition) is 0. The summed E-state index contributed by atoms with van der Waals surface area (Å²) >= 11 is 0. The Morgan fingerprint density at radius 3 is 2.05 bits per heavy atom. The van der Waals surface area contributed by atoms with Crippen LogP contribution in [0.25, 0.3) is 0 Å². The zero-order valence-corrected chi connectivity index (χ0v) is 18.0. The largest absolute Gasteiger partial charge is 0.393 e. The highest BCUT2D eigenvalue weighted by atomic mass is 28.4. The molecule has 1 fully saturated rings. The Morgan fingerprint density at radius 2 is 1.59 bits per heavy atom. The molecule has 1 heterocycles. The molecule has 0 aromatic heterocycles. The van der Waals surface area contributed by atoms with Crippen molar-refractivity contribution in [3.8, 4) is 11.5 Å². The van der Waals surface area contributed by atoms with E-state index in [-0.39, 0.29) is 16.2 Å². The maximum atomic E-state index is 6.61. The van der Waals surface area contributed by atoms with E-state index in [4.69, 9.17) is 8.85 Å². The standard InChI is InChI=1S/C18H34O2Si2/c1-17(2,3)22(18(4,5)6)19-14-13-16(20-22)12-10-11-15-21(7,8)9/h10,12,16H,13-14H2,1-9H3/b12-10-. The highest BCUT2D eigenvalue weighted by Crippen LogP contribution is 2.54. The van der Waals surface area contributed by atoms with E-state index in [1.807, 2.05) is 6.08 Å². The van der Waals surface area contributed by atoms with Crippen LogP contribution in [-0.4, -0.2) is 29.3 Å². The average molecular weight is 339 g/mol. The van der Waals surface area contributed by atoms with Gasteiger partial charge in [0.1, 0.15) is 8.07 Å². The van der Waals surface area contributed by atoms with Crippen molar-refractivity contribution in [1.82, 2.24) is 0 Å². The lowest BCUT2D eigenvalue weighted by molar-refractivity contribution is 0.0421. The Hall–Kier alpha value is -0.346. The fourth-order valence-corrected chi connectivity index (χ4v) is 8.52. The van der Waals surface area contributed by atoms with Gasteiger partial charge >= 0.3 is 8.56 Å². The van der Waals surface area contributed by atoms with Gasteiger partial charge in [-0.2, -0.15) is 0 Å². The molecule has 22 heavy (non-hydrogen) atoms. The van der Waals surface area contributed by atoms with Crippen molar-refractivity contribution in [2.75, 3.05) is 6.61 Å². The van der Waals surface area contributed by atoms with Crippen LogP contribution in [0.3, 0.4) is 0 Å². The first-order valence-electron chi connectivity index (χ1n) is 8.30. The topological polar surface area (TPSA) is 18.5 Å². The molecule has 1 saturated heterocycles. The second-order valence-corrected chi connectivity index (χ2v) is 18.8. The molecule has 1 aliphatic rings. The maximum absolute atomic E-state index is 6.61. The Kier molecular flexibility index (Phi) is 5.95. The van der Waals surface area contributed by atoms with E-state index in [1.165, 1.54) is 0 Å². The zero-order chi connectivity index (χ0) is 17.2. The molecule has 0 bridgehead atoms. The second-order valence-electron chi connectivity index (χ2n) is 9.29. The fourth-order valence-electron chi connectivity index (χ4n) is 3.09. The molecule has 0 spiro atoms. The molecular formula is C18H34O2Si2. The van der Waals surface area contributed by atoms with E-state index in [0.717, 1.165) is 13.0 Å². The van der Waals surface area contributed by atoms with Crippen molar-refractivity contribution < 1.29 is 8.85 Å². The molecule has 1 aliphatic heterocycles. The van der Waals surface area contributed by atoms with Gasteiger partial charge in [0.05, 0.1) is 6.10 Å². The van der Waals surface area contributed by atoms with Gasteiger partial charge in [-0.1, -0.05) is 67.1 Å². The highest BCUT2D eigenvalue weighted by molar-refractivity contribution is 6.83. The van der Waals surface area contributed by atoms with Crippen molar-refractivity contribution in [3.05, 3.63) is 12.2 Å². The summed E-state index contributed by atoms with van der Waals surface area (Å²) in [6, 6.07) is 0. The predicted octanol–water partition coefficient (Wildman–Crippen LogP) is 5.27. The van der Waals surface area contributed by atoms with Crippen LogP contribution in [0, 0.1) is 11.5 Å². The summed E-state index contributed by atoms with van der Waals surface area (Å²) in [6.07, 6.45) is 5.18. The molecule has 1 rings (SSSR count). The van der Waals surface area contributed by atoms with E-state index in [0.29, 0.717) is 0 Å². The first kappa shape index (κ1) is 19.7. The quantitative estimate of drug-likeness (QED) is 0.479. The third kappa shape index (κ3) is 4.82. The maximum Gasteiger partial charge on any atom is 0.349 e. The van der Waals surface area contributed by atoms with Crippen molar-refractivity contribution in [3.63, 3.8) is 0 Å². The summed E-state index contributed by atoms with van der Waals surface area (Å²) in [6.45, 7) is 21.1. The number of rotatable bonds is 1. The molecule has 0 aromatic rings. The van der Waals surface area contributed by atoms with Crippen LogP contribution in [0.2, 0.25) is 29.7 Å². The molecule has 0 amide bonds.